The molecule has 0 spiro atoms. The van der Waals surface area contributed by atoms with Gasteiger partial charge >= 0.3 is 0 Å². The van der Waals surface area contributed by atoms with E-state index in [1.54, 1.807) is 12.4 Å². The van der Waals surface area contributed by atoms with Crippen molar-refractivity contribution >= 4 is 16.7 Å². The van der Waals surface area contributed by atoms with Crippen LogP contribution in [0.3, 0.4) is 0 Å². The second kappa shape index (κ2) is 4.73. The van der Waals surface area contributed by atoms with Gasteiger partial charge in [-0.25, -0.2) is 0 Å². The molecule has 3 nitrogen and oxygen atoms in total. The molecular formula is C12H15N3. The second-order valence-corrected chi connectivity index (χ2v) is 3.54. The van der Waals surface area contributed by atoms with Crippen molar-refractivity contribution in [2.75, 3.05) is 11.9 Å². The van der Waals surface area contributed by atoms with E-state index in [4.69, 9.17) is 0 Å². The van der Waals surface area contributed by atoms with Gasteiger partial charge in [-0.2, -0.15) is 0 Å². The van der Waals surface area contributed by atoms with Crippen LogP contribution in [-0.4, -0.2) is 16.5 Å². The summed E-state index contributed by atoms with van der Waals surface area (Å²) in [6.45, 7) is 3.20. The molecule has 15 heavy (non-hydrogen) atoms. The van der Waals surface area contributed by atoms with Crippen LogP contribution in [0.15, 0.2) is 30.6 Å². The lowest BCUT2D eigenvalue weighted by molar-refractivity contribution is 0.834. The molecule has 0 aliphatic carbocycles. The van der Waals surface area contributed by atoms with Crippen molar-refractivity contribution in [3.05, 3.63) is 30.6 Å². The number of anilines is 1. The number of benzene rings is 1. The van der Waals surface area contributed by atoms with Crippen LogP contribution in [0.1, 0.15) is 19.8 Å². The van der Waals surface area contributed by atoms with Crippen molar-refractivity contribution in [2.24, 2.45) is 0 Å². The maximum absolute atomic E-state index is 4.27. The highest BCUT2D eigenvalue weighted by Crippen LogP contribution is 2.14. The van der Waals surface area contributed by atoms with Gasteiger partial charge in [-0.1, -0.05) is 13.3 Å². The second-order valence-electron chi connectivity index (χ2n) is 3.54. The standard InChI is InChI=1S/C12H15N3/c1-2-3-6-13-10-4-5-11-12(9-10)15-8-7-14-11/h4-5,7-9,13H,2-3,6H2,1H3. The molecule has 0 unspecified atom stereocenters. The van der Waals surface area contributed by atoms with Crippen molar-refractivity contribution in [3.63, 3.8) is 0 Å². The van der Waals surface area contributed by atoms with Gasteiger partial charge in [0, 0.05) is 24.6 Å². The molecule has 1 aromatic carbocycles. The Morgan fingerprint density at radius 2 is 1.93 bits per heavy atom. The molecule has 1 aromatic heterocycles. The Hall–Kier alpha value is -1.64. The van der Waals surface area contributed by atoms with Crippen LogP contribution in [0.4, 0.5) is 5.69 Å². The molecular weight excluding hydrogens is 186 g/mol. The van der Waals surface area contributed by atoms with Gasteiger partial charge in [0.25, 0.3) is 0 Å². The highest BCUT2D eigenvalue weighted by molar-refractivity contribution is 5.78. The summed E-state index contributed by atoms with van der Waals surface area (Å²) in [6.07, 6.45) is 5.84. The van der Waals surface area contributed by atoms with Gasteiger partial charge in [-0.05, 0) is 24.6 Å². The zero-order valence-corrected chi connectivity index (χ0v) is 8.90. The molecule has 0 aliphatic heterocycles. The summed E-state index contributed by atoms with van der Waals surface area (Å²) in [7, 11) is 0. The van der Waals surface area contributed by atoms with Gasteiger partial charge in [0.15, 0.2) is 0 Å². The summed E-state index contributed by atoms with van der Waals surface area (Å²) in [5.74, 6) is 0. The molecule has 0 fully saturated rings. The average molecular weight is 201 g/mol. The van der Waals surface area contributed by atoms with Gasteiger partial charge in [0.1, 0.15) is 0 Å². The minimum atomic E-state index is 0.943. The Morgan fingerprint density at radius 1 is 1.13 bits per heavy atom. The average Bonchev–Trinajstić information content (AvgIpc) is 2.29. The summed E-state index contributed by atoms with van der Waals surface area (Å²) >= 11 is 0. The molecule has 0 amide bonds. The number of aromatic nitrogens is 2. The predicted octanol–water partition coefficient (Wildman–Crippen LogP) is 2.84. The number of fused-ring (bicyclic) bond motifs is 1. The van der Waals surface area contributed by atoms with Crippen molar-refractivity contribution in [3.8, 4) is 0 Å². The van der Waals surface area contributed by atoms with E-state index in [0.29, 0.717) is 0 Å². The summed E-state index contributed by atoms with van der Waals surface area (Å²) in [6, 6.07) is 6.08. The van der Waals surface area contributed by atoms with E-state index in [1.165, 1.54) is 12.8 Å². The summed E-state index contributed by atoms with van der Waals surface area (Å²) in [5, 5.41) is 3.37. The Kier molecular flexibility index (Phi) is 3.12. The predicted molar refractivity (Wildman–Crippen MR) is 62.9 cm³/mol. The monoisotopic (exact) mass is 201 g/mol. The maximum Gasteiger partial charge on any atom is 0.0907 e. The third-order valence-corrected chi connectivity index (χ3v) is 2.33. The van der Waals surface area contributed by atoms with Gasteiger partial charge in [-0.3, -0.25) is 9.97 Å². The molecule has 0 radical (unpaired) electrons. The first kappa shape index (κ1) is 9.90. The first-order chi connectivity index (χ1) is 7.40. The van der Waals surface area contributed by atoms with Crippen molar-refractivity contribution < 1.29 is 0 Å². The van der Waals surface area contributed by atoms with Crippen LogP contribution >= 0.6 is 0 Å². The first-order valence-corrected chi connectivity index (χ1v) is 5.35. The molecule has 1 N–H and O–H groups in total. The topological polar surface area (TPSA) is 37.8 Å². The van der Waals surface area contributed by atoms with Crippen molar-refractivity contribution in [1.29, 1.82) is 0 Å². The molecule has 0 bridgehead atoms. The van der Waals surface area contributed by atoms with Gasteiger partial charge in [0.2, 0.25) is 0 Å². The van der Waals surface area contributed by atoms with E-state index >= 15 is 0 Å². The molecule has 1 heterocycles. The smallest absolute Gasteiger partial charge is 0.0907 e. The highest BCUT2D eigenvalue weighted by Gasteiger charge is 1.96. The van der Waals surface area contributed by atoms with Crippen molar-refractivity contribution in [2.45, 2.75) is 19.8 Å². The number of rotatable bonds is 4. The van der Waals surface area contributed by atoms with E-state index in [2.05, 4.69) is 22.2 Å². The Labute approximate surface area is 89.6 Å². The largest absolute Gasteiger partial charge is 0.385 e. The van der Waals surface area contributed by atoms with Crippen LogP contribution in [0.2, 0.25) is 0 Å². The SMILES string of the molecule is CCCCNc1ccc2nccnc2c1. The third-order valence-electron chi connectivity index (χ3n) is 2.33. The Balaban J connectivity index is 2.16. The lowest BCUT2D eigenvalue weighted by Crippen LogP contribution is -2.00. The van der Waals surface area contributed by atoms with Crippen LogP contribution in [-0.2, 0) is 0 Å². The number of hydrogen-bond donors (Lipinski definition) is 1. The minimum absolute atomic E-state index is 0.943. The molecule has 0 saturated carbocycles. The summed E-state index contributed by atoms with van der Waals surface area (Å²) in [5.41, 5.74) is 3.01. The molecule has 3 heteroatoms. The highest BCUT2D eigenvalue weighted by atomic mass is 14.9. The molecule has 0 aliphatic rings. The van der Waals surface area contributed by atoms with Gasteiger partial charge < -0.3 is 5.32 Å². The minimum Gasteiger partial charge on any atom is -0.385 e. The molecule has 2 rings (SSSR count). The van der Waals surface area contributed by atoms with Crippen molar-refractivity contribution in [1.82, 2.24) is 9.97 Å². The van der Waals surface area contributed by atoms with Crippen LogP contribution < -0.4 is 5.32 Å². The molecule has 0 atom stereocenters. The zero-order chi connectivity index (χ0) is 10.5. The summed E-state index contributed by atoms with van der Waals surface area (Å²) in [4.78, 5) is 8.50. The van der Waals surface area contributed by atoms with E-state index in [-0.39, 0.29) is 0 Å². The third kappa shape index (κ3) is 2.43. The number of nitrogens with one attached hydrogen (secondary N) is 1. The Morgan fingerprint density at radius 3 is 2.73 bits per heavy atom. The van der Waals surface area contributed by atoms with Crippen LogP contribution in [0, 0.1) is 0 Å². The number of nitrogens with zero attached hydrogens (tertiary/aromatic N) is 2. The van der Waals surface area contributed by atoms with Crippen LogP contribution in [0.25, 0.3) is 11.0 Å². The fourth-order valence-electron chi connectivity index (χ4n) is 1.48. The normalized spacial score (nSPS) is 10.5. The van der Waals surface area contributed by atoms with E-state index in [0.717, 1.165) is 23.3 Å². The quantitative estimate of drug-likeness (QED) is 0.773. The maximum atomic E-state index is 4.27. The molecule has 0 saturated heterocycles. The van der Waals surface area contributed by atoms with E-state index in [1.807, 2.05) is 18.2 Å². The molecule has 78 valence electrons. The Bertz CT molecular complexity index is 440. The summed E-state index contributed by atoms with van der Waals surface area (Å²) < 4.78 is 0. The zero-order valence-electron chi connectivity index (χ0n) is 8.90. The fraction of sp³-hybridized carbons (Fsp3) is 0.333. The first-order valence-electron chi connectivity index (χ1n) is 5.35. The fourth-order valence-corrected chi connectivity index (χ4v) is 1.48. The number of hydrogen-bond acceptors (Lipinski definition) is 3. The number of unbranched alkanes of at least 4 members (excludes halogenated alkanes) is 1. The van der Waals surface area contributed by atoms with Gasteiger partial charge in [0.05, 0.1) is 11.0 Å². The lowest BCUT2D eigenvalue weighted by Gasteiger charge is -2.05. The van der Waals surface area contributed by atoms with Crippen LogP contribution in [0.5, 0.6) is 0 Å². The molecule has 2 aromatic rings. The van der Waals surface area contributed by atoms with Gasteiger partial charge in [-0.15, -0.1) is 0 Å². The lowest BCUT2D eigenvalue weighted by atomic mass is 10.2. The van der Waals surface area contributed by atoms with E-state index < -0.39 is 0 Å². The van der Waals surface area contributed by atoms with E-state index in [9.17, 15) is 0 Å².